The third kappa shape index (κ3) is 4.32. The number of aryl methyl sites for hydroxylation is 1. The fraction of sp³-hybridized carbons (Fsp3) is 0.647. The molecule has 0 spiro atoms. The maximum Gasteiger partial charge on any atom is 0.318 e. The molecule has 3 rings (SSSR count). The van der Waals surface area contributed by atoms with Gasteiger partial charge in [-0.25, -0.2) is 9.78 Å². The highest BCUT2D eigenvalue weighted by molar-refractivity contribution is 7.09. The van der Waals surface area contributed by atoms with Crippen LogP contribution >= 0.6 is 11.3 Å². The number of thiazole rings is 1. The Bertz CT molecular complexity index is 570. The zero-order chi connectivity index (χ0) is 16.1. The molecule has 1 fully saturated rings. The molecule has 2 heterocycles. The molecule has 6 heteroatoms. The molecule has 1 atom stereocenters. The molecule has 2 aliphatic rings. The standard InChI is InChI=1S/C17H25N3O2S/c1-13-12-23-16(19-13)15-11-22-10-9-20(15)17(21)18-8-7-14-5-3-2-4-6-14/h5,12,15H,2-4,6-11H2,1H3,(H,18,21)/t15-/m1/s1. The van der Waals surface area contributed by atoms with Gasteiger partial charge in [0.05, 0.1) is 13.2 Å². The molecule has 1 aliphatic carbocycles. The van der Waals surface area contributed by atoms with Gasteiger partial charge in [-0.3, -0.25) is 0 Å². The molecule has 1 aromatic heterocycles. The summed E-state index contributed by atoms with van der Waals surface area (Å²) in [7, 11) is 0. The van der Waals surface area contributed by atoms with Crippen LogP contribution in [-0.2, 0) is 4.74 Å². The first-order valence-electron chi connectivity index (χ1n) is 8.46. The lowest BCUT2D eigenvalue weighted by atomic mass is 9.97. The second-order valence-corrected chi connectivity index (χ2v) is 7.09. The number of hydrogen-bond acceptors (Lipinski definition) is 4. The zero-order valence-electron chi connectivity index (χ0n) is 13.7. The topological polar surface area (TPSA) is 54.5 Å². The van der Waals surface area contributed by atoms with Crippen LogP contribution in [0.4, 0.5) is 4.79 Å². The number of ether oxygens (including phenoxy) is 1. The summed E-state index contributed by atoms with van der Waals surface area (Å²) in [6, 6.07) is -0.0566. The van der Waals surface area contributed by atoms with E-state index in [2.05, 4.69) is 16.4 Å². The lowest BCUT2D eigenvalue weighted by Gasteiger charge is -2.34. The Morgan fingerprint density at radius 3 is 3.17 bits per heavy atom. The van der Waals surface area contributed by atoms with Gasteiger partial charge in [-0.2, -0.15) is 0 Å². The van der Waals surface area contributed by atoms with Crippen molar-refractivity contribution in [3.05, 3.63) is 27.7 Å². The van der Waals surface area contributed by atoms with Gasteiger partial charge < -0.3 is 15.0 Å². The summed E-state index contributed by atoms with van der Waals surface area (Å²) < 4.78 is 5.56. The maximum absolute atomic E-state index is 12.5. The van der Waals surface area contributed by atoms with Crippen molar-refractivity contribution in [3.63, 3.8) is 0 Å². The van der Waals surface area contributed by atoms with Crippen molar-refractivity contribution in [1.29, 1.82) is 0 Å². The van der Waals surface area contributed by atoms with Crippen LogP contribution in [0.25, 0.3) is 0 Å². The van der Waals surface area contributed by atoms with Crippen molar-refractivity contribution in [1.82, 2.24) is 15.2 Å². The van der Waals surface area contributed by atoms with Crippen LogP contribution in [0.3, 0.4) is 0 Å². The van der Waals surface area contributed by atoms with Crippen molar-refractivity contribution >= 4 is 17.4 Å². The maximum atomic E-state index is 12.5. The van der Waals surface area contributed by atoms with E-state index >= 15 is 0 Å². The monoisotopic (exact) mass is 335 g/mol. The molecule has 0 bridgehead atoms. The van der Waals surface area contributed by atoms with Crippen LogP contribution in [0, 0.1) is 6.92 Å². The summed E-state index contributed by atoms with van der Waals surface area (Å²) >= 11 is 1.60. The minimum Gasteiger partial charge on any atom is -0.377 e. The van der Waals surface area contributed by atoms with Gasteiger partial charge in [0.25, 0.3) is 0 Å². The van der Waals surface area contributed by atoms with Crippen molar-refractivity contribution in [2.45, 2.75) is 45.1 Å². The number of nitrogens with zero attached hydrogens (tertiary/aromatic N) is 2. The van der Waals surface area contributed by atoms with Gasteiger partial charge in [0, 0.05) is 24.2 Å². The molecule has 5 nitrogen and oxygen atoms in total. The van der Waals surface area contributed by atoms with E-state index in [0.29, 0.717) is 26.3 Å². The molecule has 0 saturated carbocycles. The normalized spacial score (nSPS) is 21.9. The molecule has 1 aromatic rings. The summed E-state index contributed by atoms with van der Waals surface area (Å²) in [4.78, 5) is 18.9. The average molecular weight is 335 g/mol. The first-order valence-corrected chi connectivity index (χ1v) is 9.34. The second kappa shape index (κ2) is 7.93. The van der Waals surface area contributed by atoms with Crippen molar-refractivity contribution in [2.75, 3.05) is 26.3 Å². The molecule has 0 aromatic carbocycles. The number of nitrogens with one attached hydrogen (secondary N) is 1. The Morgan fingerprint density at radius 2 is 2.43 bits per heavy atom. The van der Waals surface area contributed by atoms with Gasteiger partial charge in [0.1, 0.15) is 11.0 Å². The Morgan fingerprint density at radius 1 is 1.52 bits per heavy atom. The fourth-order valence-corrected chi connectivity index (χ4v) is 4.03. The molecule has 1 saturated heterocycles. The molecule has 126 valence electrons. The smallest absolute Gasteiger partial charge is 0.318 e. The minimum atomic E-state index is -0.0589. The van der Waals surface area contributed by atoms with Gasteiger partial charge in [-0.15, -0.1) is 11.3 Å². The van der Waals surface area contributed by atoms with E-state index < -0.39 is 0 Å². The average Bonchev–Trinajstić information content (AvgIpc) is 3.02. The third-order valence-electron chi connectivity index (χ3n) is 4.42. The van der Waals surface area contributed by atoms with Gasteiger partial charge >= 0.3 is 6.03 Å². The molecule has 2 amide bonds. The van der Waals surface area contributed by atoms with Crippen LogP contribution < -0.4 is 5.32 Å². The van der Waals surface area contributed by atoms with Crippen molar-refractivity contribution in [3.8, 4) is 0 Å². The number of morpholine rings is 1. The zero-order valence-corrected chi connectivity index (χ0v) is 14.5. The number of carbonyl (C=O) groups is 1. The summed E-state index contributed by atoms with van der Waals surface area (Å²) in [5, 5.41) is 6.06. The number of allylic oxidation sites excluding steroid dienone is 1. The van der Waals surface area contributed by atoms with Crippen molar-refractivity contribution < 1.29 is 9.53 Å². The quantitative estimate of drug-likeness (QED) is 0.858. The highest BCUT2D eigenvalue weighted by atomic mass is 32.1. The van der Waals surface area contributed by atoms with Crippen molar-refractivity contribution in [2.24, 2.45) is 0 Å². The highest BCUT2D eigenvalue weighted by Gasteiger charge is 2.30. The molecule has 0 unspecified atom stereocenters. The first-order chi connectivity index (χ1) is 11.2. The van der Waals surface area contributed by atoms with E-state index in [4.69, 9.17) is 4.74 Å². The Hall–Kier alpha value is -1.40. The highest BCUT2D eigenvalue weighted by Crippen LogP contribution is 2.27. The number of rotatable bonds is 4. The molecule has 1 aliphatic heterocycles. The lowest BCUT2D eigenvalue weighted by molar-refractivity contribution is 0.0116. The van der Waals surface area contributed by atoms with Crippen LogP contribution in [0.5, 0.6) is 0 Å². The predicted molar refractivity (Wildman–Crippen MR) is 91.7 cm³/mol. The molecule has 0 radical (unpaired) electrons. The molecule has 1 N–H and O–H groups in total. The number of carbonyl (C=O) groups excluding carboxylic acids is 1. The molecular weight excluding hydrogens is 310 g/mol. The first kappa shape index (κ1) is 16.5. The summed E-state index contributed by atoms with van der Waals surface area (Å²) in [6.45, 7) is 4.44. The van der Waals surface area contributed by atoms with Crippen LogP contribution in [0.2, 0.25) is 0 Å². The third-order valence-corrected chi connectivity index (χ3v) is 5.48. The van der Waals surface area contributed by atoms with Gasteiger partial charge in [0.2, 0.25) is 0 Å². The van der Waals surface area contributed by atoms with E-state index in [0.717, 1.165) is 17.1 Å². The van der Waals surface area contributed by atoms with E-state index in [1.165, 1.54) is 31.3 Å². The van der Waals surface area contributed by atoms with E-state index in [-0.39, 0.29) is 12.1 Å². The number of aromatic nitrogens is 1. The number of urea groups is 1. The summed E-state index contributed by atoms with van der Waals surface area (Å²) in [5.41, 5.74) is 2.49. The van der Waals surface area contributed by atoms with Crippen LogP contribution in [0.1, 0.15) is 48.8 Å². The Balaban J connectivity index is 1.54. The van der Waals surface area contributed by atoms with Gasteiger partial charge in [-0.1, -0.05) is 11.6 Å². The Kier molecular flexibility index (Phi) is 5.67. The number of amides is 2. The fourth-order valence-electron chi connectivity index (χ4n) is 3.14. The number of hydrogen-bond donors (Lipinski definition) is 1. The summed E-state index contributed by atoms with van der Waals surface area (Å²) in [6.07, 6.45) is 8.28. The predicted octanol–water partition coefficient (Wildman–Crippen LogP) is 3.42. The minimum absolute atomic E-state index is 0.00237. The molecule has 23 heavy (non-hydrogen) atoms. The van der Waals surface area contributed by atoms with E-state index in [9.17, 15) is 4.79 Å². The van der Waals surface area contributed by atoms with Crippen LogP contribution in [0.15, 0.2) is 17.0 Å². The van der Waals surface area contributed by atoms with E-state index in [1.54, 1.807) is 11.3 Å². The van der Waals surface area contributed by atoms with E-state index in [1.807, 2.05) is 17.2 Å². The SMILES string of the molecule is Cc1csc([C@H]2COCCN2C(=O)NCCC2=CCCCC2)n1. The largest absolute Gasteiger partial charge is 0.377 e. The van der Waals surface area contributed by atoms with Gasteiger partial charge in [-0.05, 0) is 39.0 Å². The summed E-state index contributed by atoms with van der Waals surface area (Å²) in [5.74, 6) is 0. The van der Waals surface area contributed by atoms with Gasteiger partial charge in [0.15, 0.2) is 0 Å². The van der Waals surface area contributed by atoms with Crippen LogP contribution in [-0.4, -0.2) is 42.2 Å². The second-order valence-electron chi connectivity index (χ2n) is 6.20. The lowest BCUT2D eigenvalue weighted by Crippen LogP contribution is -2.48. The Labute approximate surface area is 141 Å². The molecular formula is C17H25N3O2S.